The van der Waals surface area contributed by atoms with Gasteiger partial charge in [0.1, 0.15) is 6.04 Å². The molecule has 1 N–H and O–H groups in total. The molecule has 0 spiro atoms. The molecule has 2 rings (SSSR count). The van der Waals surface area contributed by atoms with E-state index in [1.54, 1.807) is 18.9 Å². The minimum absolute atomic E-state index is 0.131. The van der Waals surface area contributed by atoms with E-state index < -0.39 is 18.0 Å². The third kappa shape index (κ3) is 4.54. The Labute approximate surface area is 167 Å². The van der Waals surface area contributed by atoms with E-state index in [0.29, 0.717) is 0 Å². The Morgan fingerprint density at radius 2 is 1.75 bits per heavy atom. The van der Waals surface area contributed by atoms with Crippen molar-refractivity contribution in [2.75, 3.05) is 13.7 Å². The van der Waals surface area contributed by atoms with Gasteiger partial charge in [0, 0.05) is 19.4 Å². The first kappa shape index (κ1) is 21.9. The molecule has 1 aromatic carbocycles. The number of carbonyl (C=O) groups is 3. The summed E-state index contributed by atoms with van der Waals surface area (Å²) >= 11 is 0. The Hall–Kier alpha value is -2.37. The minimum atomic E-state index is -0.723. The van der Waals surface area contributed by atoms with E-state index in [0.717, 1.165) is 5.56 Å². The molecule has 1 fully saturated rings. The lowest BCUT2D eigenvalue weighted by Gasteiger charge is -2.33. The molecular formula is C22H32N2O4. The fourth-order valence-corrected chi connectivity index (χ4v) is 4.05. The van der Waals surface area contributed by atoms with Gasteiger partial charge in [-0.15, -0.1) is 0 Å². The van der Waals surface area contributed by atoms with Crippen molar-refractivity contribution in [1.29, 1.82) is 0 Å². The minimum Gasteiger partial charge on any atom is -0.466 e. The SMILES string of the molecule is CCOC(=O)C1C(C)C(C(=O)NC)N(C(=O)CC(C)(C)C)C1c1ccccc1. The third-order valence-corrected chi connectivity index (χ3v) is 5.19. The van der Waals surface area contributed by atoms with Crippen LogP contribution in [0.1, 0.15) is 52.6 Å². The average molecular weight is 389 g/mol. The van der Waals surface area contributed by atoms with E-state index in [-0.39, 0.29) is 42.1 Å². The number of hydrogen-bond donors (Lipinski definition) is 1. The molecule has 28 heavy (non-hydrogen) atoms. The maximum atomic E-state index is 13.3. The molecule has 0 bridgehead atoms. The lowest BCUT2D eigenvalue weighted by Crippen LogP contribution is -2.48. The van der Waals surface area contributed by atoms with Crippen LogP contribution in [-0.2, 0) is 19.1 Å². The predicted octanol–water partition coefficient (Wildman–Crippen LogP) is 2.94. The van der Waals surface area contributed by atoms with Gasteiger partial charge < -0.3 is 15.0 Å². The number of rotatable bonds is 5. The summed E-state index contributed by atoms with van der Waals surface area (Å²) in [7, 11) is 1.55. The molecule has 1 heterocycles. The standard InChI is InChI=1S/C22H32N2O4/c1-7-28-21(27)17-14(2)18(20(26)23-6)24(16(25)13-22(3,4)5)19(17)15-11-9-8-10-12-15/h8-12,14,17-19H,7,13H2,1-6H3,(H,23,26). The number of esters is 1. The first-order valence-corrected chi connectivity index (χ1v) is 9.86. The highest BCUT2D eigenvalue weighted by molar-refractivity contribution is 5.91. The normalized spacial score (nSPS) is 24.7. The Morgan fingerprint density at radius 1 is 1.14 bits per heavy atom. The number of amides is 2. The van der Waals surface area contributed by atoms with Crippen LogP contribution < -0.4 is 5.32 Å². The molecule has 0 aromatic heterocycles. The molecule has 6 nitrogen and oxygen atoms in total. The number of ether oxygens (including phenoxy) is 1. The molecule has 1 aromatic rings. The van der Waals surface area contributed by atoms with Gasteiger partial charge in [-0.05, 0) is 17.9 Å². The Balaban J connectivity index is 2.59. The van der Waals surface area contributed by atoms with Crippen LogP contribution in [0.2, 0.25) is 0 Å². The van der Waals surface area contributed by atoms with E-state index in [2.05, 4.69) is 5.32 Å². The average Bonchev–Trinajstić information content (AvgIpc) is 2.94. The summed E-state index contributed by atoms with van der Waals surface area (Å²) in [6, 6.07) is 8.18. The molecule has 1 aliphatic rings. The number of hydrogen-bond acceptors (Lipinski definition) is 4. The predicted molar refractivity (Wildman–Crippen MR) is 107 cm³/mol. The second-order valence-electron chi connectivity index (χ2n) is 8.59. The van der Waals surface area contributed by atoms with Crippen molar-refractivity contribution >= 4 is 17.8 Å². The van der Waals surface area contributed by atoms with Crippen LogP contribution in [0.15, 0.2) is 30.3 Å². The maximum Gasteiger partial charge on any atom is 0.311 e. The first-order chi connectivity index (χ1) is 13.1. The fraction of sp³-hybridized carbons (Fsp3) is 0.591. The van der Waals surface area contributed by atoms with Crippen molar-refractivity contribution in [3.63, 3.8) is 0 Å². The van der Waals surface area contributed by atoms with E-state index >= 15 is 0 Å². The summed E-state index contributed by atoms with van der Waals surface area (Å²) < 4.78 is 5.33. The second-order valence-corrected chi connectivity index (χ2v) is 8.59. The summed E-state index contributed by atoms with van der Waals surface area (Å²) in [5, 5.41) is 2.66. The van der Waals surface area contributed by atoms with Gasteiger partial charge in [-0.2, -0.15) is 0 Å². The van der Waals surface area contributed by atoms with Crippen molar-refractivity contribution in [3.05, 3.63) is 35.9 Å². The number of nitrogens with zero attached hydrogens (tertiary/aromatic N) is 1. The topological polar surface area (TPSA) is 75.7 Å². The lowest BCUT2D eigenvalue weighted by atomic mass is 9.85. The van der Waals surface area contributed by atoms with Gasteiger partial charge in [-0.1, -0.05) is 58.0 Å². The number of nitrogens with one attached hydrogen (secondary N) is 1. The van der Waals surface area contributed by atoms with E-state index in [1.807, 2.05) is 58.0 Å². The number of carbonyl (C=O) groups excluding carboxylic acids is 3. The van der Waals surface area contributed by atoms with Crippen molar-refractivity contribution in [2.24, 2.45) is 17.3 Å². The highest BCUT2D eigenvalue weighted by Crippen LogP contribution is 2.46. The van der Waals surface area contributed by atoms with Crippen LogP contribution in [-0.4, -0.2) is 42.4 Å². The molecule has 0 aliphatic carbocycles. The molecule has 154 valence electrons. The van der Waals surface area contributed by atoms with Crippen molar-refractivity contribution < 1.29 is 19.1 Å². The zero-order valence-corrected chi connectivity index (χ0v) is 17.7. The Kier molecular flexibility index (Phi) is 6.86. The molecule has 0 radical (unpaired) electrons. The van der Waals surface area contributed by atoms with E-state index in [4.69, 9.17) is 4.74 Å². The van der Waals surface area contributed by atoms with Crippen molar-refractivity contribution in [1.82, 2.24) is 10.2 Å². The molecule has 0 saturated carbocycles. The zero-order valence-electron chi connectivity index (χ0n) is 17.7. The third-order valence-electron chi connectivity index (χ3n) is 5.19. The zero-order chi connectivity index (χ0) is 21.1. The molecule has 4 atom stereocenters. The van der Waals surface area contributed by atoms with Gasteiger partial charge in [0.05, 0.1) is 18.6 Å². The summed E-state index contributed by atoms with van der Waals surface area (Å²) in [6.45, 7) is 9.82. The van der Waals surface area contributed by atoms with Crippen LogP contribution in [0.25, 0.3) is 0 Å². The van der Waals surface area contributed by atoms with Crippen molar-refractivity contribution in [2.45, 2.75) is 53.1 Å². The summed E-state index contributed by atoms with van der Waals surface area (Å²) in [6.07, 6.45) is 0.284. The molecular weight excluding hydrogens is 356 g/mol. The summed E-state index contributed by atoms with van der Waals surface area (Å²) in [5.74, 6) is -1.73. The monoisotopic (exact) mass is 388 g/mol. The Morgan fingerprint density at radius 3 is 2.25 bits per heavy atom. The van der Waals surface area contributed by atoms with Crippen LogP contribution in [0, 0.1) is 17.3 Å². The van der Waals surface area contributed by atoms with Crippen LogP contribution >= 0.6 is 0 Å². The highest BCUT2D eigenvalue weighted by atomic mass is 16.5. The number of benzene rings is 1. The smallest absolute Gasteiger partial charge is 0.311 e. The Bertz CT molecular complexity index is 711. The van der Waals surface area contributed by atoms with Crippen LogP contribution in [0.4, 0.5) is 0 Å². The van der Waals surface area contributed by atoms with Crippen molar-refractivity contribution in [3.8, 4) is 0 Å². The van der Waals surface area contributed by atoms with Crippen LogP contribution in [0.3, 0.4) is 0 Å². The molecule has 2 amide bonds. The number of likely N-dealkylation sites (N-methyl/N-ethyl adjacent to an activating group) is 1. The van der Waals surface area contributed by atoms with Gasteiger partial charge in [-0.25, -0.2) is 0 Å². The largest absolute Gasteiger partial charge is 0.466 e. The fourth-order valence-electron chi connectivity index (χ4n) is 4.05. The molecule has 6 heteroatoms. The van der Waals surface area contributed by atoms with E-state index in [1.165, 1.54) is 0 Å². The molecule has 1 saturated heterocycles. The molecule has 4 unspecified atom stereocenters. The first-order valence-electron chi connectivity index (χ1n) is 9.86. The van der Waals surface area contributed by atoms with Gasteiger partial charge in [-0.3, -0.25) is 14.4 Å². The van der Waals surface area contributed by atoms with Crippen LogP contribution in [0.5, 0.6) is 0 Å². The van der Waals surface area contributed by atoms with E-state index in [9.17, 15) is 14.4 Å². The number of likely N-dealkylation sites (tertiary alicyclic amines) is 1. The molecule has 1 aliphatic heterocycles. The lowest BCUT2D eigenvalue weighted by molar-refractivity contribution is -0.150. The maximum absolute atomic E-state index is 13.3. The highest BCUT2D eigenvalue weighted by Gasteiger charge is 2.55. The second kappa shape index (κ2) is 8.76. The van der Waals surface area contributed by atoms with Gasteiger partial charge in [0.2, 0.25) is 11.8 Å². The summed E-state index contributed by atoms with van der Waals surface area (Å²) in [5.41, 5.74) is 0.595. The quantitative estimate of drug-likeness (QED) is 0.787. The van der Waals surface area contributed by atoms with Gasteiger partial charge in [0.15, 0.2) is 0 Å². The summed E-state index contributed by atoms with van der Waals surface area (Å²) in [4.78, 5) is 40.6. The van der Waals surface area contributed by atoms with Gasteiger partial charge in [0.25, 0.3) is 0 Å². The van der Waals surface area contributed by atoms with Gasteiger partial charge >= 0.3 is 5.97 Å².